The Morgan fingerprint density at radius 1 is 1.16 bits per heavy atom. The van der Waals surface area contributed by atoms with Gasteiger partial charge in [0.1, 0.15) is 11.5 Å². The van der Waals surface area contributed by atoms with Gasteiger partial charge in [0, 0.05) is 18.2 Å². The molecular formula is C16H15ClN2O6. The molecule has 1 N–H and O–H groups in total. The number of ether oxygens (including phenoxy) is 3. The topological polar surface area (TPSA) is 99.9 Å². The average molecular weight is 367 g/mol. The lowest BCUT2D eigenvalue weighted by Crippen LogP contribution is -2.20. The van der Waals surface area contributed by atoms with Crippen LogP contribution in [-0.2, 0) is 4.79 Å². The molecule has 2 aromatic carbocycles. The maximum absolute atomic E-state index is 12.1. The number of benzene rings is 2. The van der Waals surface area contributed by atoms with Crippen molar-refractivity contribution in [1.82, 2.24) is 0 Å². The summed E-state index contributed by atoms with van der Waals surface area (Å²) >= 11 is 6.00. The predicted octanol–water partition coefficient (Wildman–Crippen LogP) is 3.28. The number of carbonyl (C=O) groups is 1. The minimum absolute atomic E-state index is 0.00306. The van der Waals surface area contributed by atoms with Crippen molar-refractivity contribution < 1.29 is 23.9 Å². The van der Waals surface area contributed by atoms with Gasteiger partial charge in [-0.3, -0.25) is 14.9 Å². The Bertz CT molecular complexity index is 796. The Morgan fingerprint density at radius 3 is 2.48 bits per heavy atom. The summed E-state index contributed by atoms with van der Waals surface area (Å²) < 4.78 is 15.5. The van der Waals surface area contributed by atoms with E-state index in [-0.39, 0.29) is 11.4 Å². The van der Waals surface area contributed by atoms with Crippen LogP contribution in [0.1, 0.15) is 0 Å². The number of carbonyl (C=O) groups excluding carboxylic acids is 1. The lowest BCUT2D eigenvalue weighted by molar-refractivity contribution is -0.385. The first-order chi connectivity index (χ1) is 12.0. The highest BCUT2D eigenvalue weighted by molar-refractivity contribution is 6.32. The van der Waals surface area contributed by atoms with Crippen molar-refractivity contribution in [3.63, 3.8) is 0 Å². The van der Waals surface area contributed by atoms with Crippen LogP contribution in [0.15, 0.2) is 36.4 Å². The first-order valence-corrected chi connectivity index (χ1v) is 7.41. The number of hydrogen-bond donors (Lipinski definition) is 1. The number of rotatable bonds is 7. The van der Waals surface area contributed by atoms with E-state index in [0.29, 0.717) is 22.2 Å². The summed E-state index contributed by atoms with van der Waals surface area (Å²) in [7, 11) is 2.87. The maximum atomic E-state index is 12.1. The van der Waals surface area contributed by atoms with Gasteiger partial charge in [0.15, 0.2) is 12.4 Å². The monoisotopic (exact) mass is 366 g/mol. The molecule has 2 aromatic rings. The van der Waals surface area contributed by atoms with Crippen LogP contribution in [0.2, 0.25) is 5.02 Å². The summed E-state index contributed by atoms with van der Waals surface area (Å²) in [5, 5.41) is 13.8. The minimum Gasteiger partial charge on any atom is -0.495 e. The number of nitro benzene ring substituents is 1. The van der Waals surface area contributed by atoms with Crippen molar-refractivity contribution in [2.24, 2.45) is 0 Å². The van der Waals surface area contributed by atoms with Gasteiger partial charge in [0.2, 0.25) is 0 Å². The summed E-state index contributed by atoms with van der Waals surface area (Å²) in [6.45, 7) is -0.418. The predicted molar refractivity (Wildman–Crippen MR) is 91.8 cm³/mol. The first kappa shape index (κ1) is 18.3. The smallest absolute Gasteiger partial charge is 0.310 e. The number of nitro groups is 1. The molecule has 8 nitrogen and oxygen atoms in total. The molecule has 25 heavy (non-hydrogen) atoms. The number of nitrogens with zero attached hydrogens (tertiary/aromatic N) is 1. The van der Waals surface area contributed by atoms with Crippen LogP contribution >= 0.6 is 11.6 Å². The highest BCUT2D eigenvalue weighted by Gasteiger charge is 2.16. The molecule has 0 bridgehead atoms. The summed E-state index contributed by atoms with van der Waals surface area (Å²) in [5.74, 6) is 0.173. The van der Waals surface area contributed by atoms with E-state index in [9.17, 15) is 14.9 Å². The number of amides is 1. The van der Waals surface area contributed by atoms with E-state index in [1.807, 2.05) is 0 Å². The van der Waals surface area contributed by atoms with Crippen molar-refractivity contribution in [2.75, 3.05) is 26.1 Å². The Balaban J connectivity index is 2.10. The lowest BCUT2D eigenvalue weighted by atomic mass is 10.2. The standard InChI is InChI=1S/C16H15ClN2O6/c1-23-14-8-11(15(24-2)7-10(14)17)18-16(20)9-25-13-6-4-3-5-12(13)19(21)22/h3-8H,9H2,1-2H3,(H,18,20). The molecule has 1 amide bonds. The van der Waals surface area contributed by atoms with E-state index in [1.165, 1.54) is 44.6 Å². The first-order valence-electron chi connectivity index (χ1n) is 7.04. The van der Waals surface area contributed by atoms with E-state index in [4.69, 9.17) is 25.8 Å². The van der Waals surface area contributed by atoms with E-state index < -0.39 is 17.4 Å². The summed E-state index contributed by atoms with van der Waals surface area (Å²) in [5.41, 5.74) is 0.112. The highest BCUT2D eigenvalue weighted by atomic mass is 35.5. The van der Waals surface area contributed by atoms with Crippen molar-refractivity contribution in [3.8, 4) is 17.2 Å². The van der Waals surface area contributed by atoms with Gasteiger partial charge < -0.3 is 19.5 Å². The number of hydrogen-bond acceptors (Lipinski definition) is 6. The summed E-state index contributed by atoms with van der Waals surface area (Å²) in [4.78, 5) is 22.4. The van der Waals surface area contributed by atoms with Gasteiger partial charge in [-0.05, 0) is 6.07 Å². The number of para-hydroxylation sites is 2. The zero-order chi connectivity index (χ0) is 18.4. The van der Waals surface area contributed by atoms with Crippen LogP contribution in [0, 0.1) is 10.1 Å². The molecule has 0 spiro atoms. The molecule has 0 heterocycles. The van der Waals surface area contributed by atoms with Gasteiger partial charge in [-0.1, -0.05) is 23.7 Å². The summed E-state index contributed by atoms with van der Waals surface area (Å²) in [6, 6.07) is 8.80. The molecule has 0 aliphatic carbocycles. The Hall–Kier alpha value is -3.00. The fraction of sp³-hybridized carbons (Fsp3) is 0.188. The zero-order valence-electron chi connectivity index (χ0n) is 13.4. The Kier molecular flexibility index (Phi) is 6.02. The fourth-order valence-electron chi connectivity index (χ4n) is 2.02. The van der Waals surface area contributed by atoms with Crippen LogP contribution in [0.4, 0.5) is 11.4 Å². The molecule has 0 atom stereocenters. The van der Waals surface area contributed by atoms with E-state index in [2.05, 4.69) is 5.32 Å². The third-order valence-electron chi connectivity index (χ3n) is 3.17. The van der Waals surface area contributed by atoms with Crippen LogP contribution < -0.4 is 19.5 Å². The number of nitrogens with one attached hydrogen (secondary N) is 1. The quantitative estimate of drug-likeness (QED) is 0.596. The molecule has 0 radical (unpaired) electrons. The van der Waals surface area contributed by atoms with Crippen molar-refractivity contribution in [3.05, 3.63) is 51.5 Å². The van der Waals surface area contributed by atoms with Crippen LogP contribution in [0.25, 0.3) is 0 Å². The third kappa shape index (κ3) is 4.51. The van der Waals surface area contributed by atoms with Gasteiger partial charge in [0.25, 0.3) is 5.91 Å². The Morgan fingerprint density at radius 2 is 1.84 bits per heavy atom. The molecule has 0 fully saturated rings. The molecule has 0 aliphatic heterocycles. The fourth-order valence-corrected chi connectivity index (χ4v) is 2.25. The molecule has 2 rings (SSSR count). The van der Waals surface area contributed by atoms with Crippen molar-refractivity contribution >= 4 is 28.9 Å². The molecule has 0 aromatic heterocycles. The largest absolute Gasteiger partial charge is 0.495 e. The van der Waals surface area contributed by atoms with E-state index in [1.54, 1.807) is 6.07 Å². The second-order valence-electron chi connectivity index (χ2n) is 4.75. The molecule has 0 saturated heterocycles. The normalized spacial score (nSPS) is 10.0. The van der Waals surface area contributed by atoms with Gasteiger partial charge in [-0.15, -0.1) is 0 Å². The molecule has 0 aliphatic rings. The van der Waals surface area contributed by atoms with Crippen LogP contribution in [0.5, 0.6) is 17.2 Å². The second-order valence-corrected chi connectivity index (χ2v) is 5.16. The average Bonchev–Trinajstić information content (AvgIpc) is 2.61. The second kappa shape index (κ2) is 8.20. The van der Waals surface area contributed by atoms with Gasteiger partial charge >= 0.3 is 5.69 Å². The molecule has 132 valence electrons. The van der Waals surface area contributed by atoms with E-state index >= 15 is 0 Å². The van der Waals surface area contributed by atoms with Crippen LogP contribution in [0.3, 0.4) is 0 Å². The molecule has 0 unspecified atom stereocenters. The lowest BCUT2D eigenvalue weighted by Gasteiger charge is -2.13. The number of halogens is 1. The minimum atomic E-state index is -0.583. The molecule has 0 saturated carbocycles. The van der Waals surface area contributed by atoms with Crippen molar-refractivity contribution in [1.29, 1.82) is 0 Å². The Labute approximate surface area is 148 Å². The highest BCUT2D eigenvalue weighted by Crippen LogP contribution is 2.35. The molecule has 9 heteroatoms. The van der Waals surface area contributed by atoms with Gasteiger partial charge in [-0.25, -0.2) is 0 Å². The van der Waals surface area contributed by atoms with Gasteiger partial charge in [0.05, 0.1) is 29.9 Å². The SMILES string of the molecule is COc1cc(NC(=O)COc2ccccc2[N+](=O)[O-])c(OC)cc1Cl. The maximum Gasteiger partial charge on any atom is 0.310 e. The summed E-state index contributed by atoms with van der Waals surface area (Å²) in [6.07, 6.45) is 0. The number of methoxy groups -OCH3 is 2. The van der Waals surface area contributed by atoms with E-state index in [0.717, 1.165) is 0 Å². The third-order valence-corrected chi connectivity index (χ3v) is 3.46. The van der Waals surface area contributed by atoms with Crippen LogP contribution in [-0.4, -0.2) is 31.7 Å². The zero-order valence-corrected chi connectivity index (χ0v) is 14.2. The van der Waals surface area contributed by atoms with Gasteiger partial charge in [-0.2, -0.15) is 0 Å². The molecular weight excluding hydrogens is 352 g/mol. The van der Waals surface area contributed by atoms with Crippen molar-refractivity contribution in [2.45, 2.75) is 0 Å². The number of anilines is 1.